The van der Waals surface area contributed by atoms with Gasteiger partial charge in [0.05, 0.1) is 27.4 Å². The van der Waals surface area contributed by atoms with Crippen LogP contribution in [0.3, 0.4) is 0 Å². The van der Waals surface area contributed by atoms with Crippen LogP contribution < -0.4 is 20.7 Å². The normalized spacial score (nSPS) is 18.1. The molecule has 12 rings (SSSR count). The number of nitrogens with zero attached hydrogens (tertiary/aromatic N) is 1. The van der Waals surface area contributed by atoms with Crippen LogP contribution in [0.5, 0.6) is 11.5 Å². The zero-order valence-electron chi connectivity index (χ0n) is 35.5. The van der Waals surface area contributed by atoms with E-state index in [0.29, 0.717) is 11.5 Å². The number of aromatic amines is 1. The highest BCUT2D eigenvalue weighted by atomic mass is 16.6. The Bertz CT molecular complexity index is 3540. The summed E-state index contributed by atoms with van der Waals surface area (Å²) in [4.78, 5) is 28.1. The van der Waals surface area contributed by atoms with Crippen LogP contribution in [0, 0.1) is 0 Å². The van der Waals surface area contributed by atoms with Gasteiger partial charge in [0.15, 0.2) is 6.23 Å². The minimum absolute atomic E-state index is 0.0940. The van der Waals surface area contributed by atoms with E-state index in [2.05, 4.69) is 71.7 Å². The lowest BCUT2D eigenvalue weighted by molar-refractivity contribution is -0.0990. The molecule has 1 aliphatic rings. The maximum atomic E-state index is 13.5. The smallest absolute Gasteiger partial charge is 0.330 e. The van der Waals surface area contributed by atoms with Gasteiger partial charge < -0.3 is 28.8 Å². The SMILES string of the molecule is COc1ccc(C(OCC2OC(n3ccc(=O)[nH]c3=O)C(OCc3cc4ccc5ccc6ccc7ccc8ccc3c3c8c7c6c5c43)C2O)(c2ccccc2)c2ccc(OC)cc2)cc1. The lowest BCUT2D eigenvalue weighted by Crippen LogP contribution is -2.41. The number of hydrogen-bond acceptors (Lipinski definition) is 8. The van der Waals surface area contributed by atoms with E-state index in [1.165, 1.54) is 70.7 Å². The van der Waals surface area contributed by atoms with Crippen molar-refractivity contribution < 1.29 is 28.8 Å². The molecule has 1 saturated heterocycles. The van der Waals surface area contributed by atoms with E-state index in [-0.39, 0.29) is 13.2 Å². The fourth-order valence-corrected chi connectivity index (χ4v) is 10.5. The summed E-state index contributed by atoms with van der Waals surface area (Å²) < 4.78 is 33.0. The summed E-state index contributed by atoms with van der Waals surface area (Å²) in [5.74, 6) is 1.37. The van der Waals surface area contributed by atoms with Gasteiger partial charge in [0.1, 0.15) is 35.4 Å². The molecule has 2 N–H and O–H groups in total. The van der Waals surface area contributed by atoms with Crippen molar-refractivity contribution in [3.63, 3.8) is 0 Å². The zero-order valence-corrected chi connectivity index (χ0v) is 35.5. The van der Waals surface area contributed by atoms with Gasteiger partial charge in [0.25, 0.3) is 5.56 Å². The van der Waals surface area contributed by atoms with Crippen LogP contribution in [0.2, 0.25) is 0 Å². The van der Waals surface area contributed by atoms with E-state index >= 15 is 0 Å². The van der Waals surface area contributed by atoms with Crippen molar-refractivity contribution in [3.05, 3.63) is 201 Å². The summed E-state index contributed by atoms with van der Waals surface area (Å²) in [7, 11) is 3.24. The lowest BCUT2D eigenvalue weighted by Gasteiger charge is -2.37. The number of rotatable bonds is 12. The highest BCUT2D eigenvalue weighted by Crippen LogP contribution is 2.49. The average Bonchev–Trinajstić information content (AvgIpc) is 3.66. The average molecular weight is 859 g/mol. The van der Waals surface area contributed by atoms with Crippen molar-refractivity contribution in [3.8, 4) is 11.5 Å². The molecular formula is C55H42N2O8. The summed E-state index contributed by atoms with van der Waals surface area (Å²) in [5.41, 5.74) is 0.932. The molecule has 0 radical (unpaired) electrons. The molecule has 10 heteroatoms. The Morgan fingerprint density at radius 2 is 1.12 bits per heavy atom. The summed E-state index contributed by atoms with van der Waals surface area (Å²) in [5, 5.41) is 26.7. The van der Waals surface area contributed by atoms with Crippen LogP contribution in [-0.4, -0.2) is 53.8 Å². The second-order valence-corrected chi connectivity index (χ2v) is 16.9. The van der Waals surface area contributed by atoms with E-state index < -0.39 is 41.4 Å². The highest BCUT2D eigenvalue weighted by Gasteiger charge is 2.48. The number of methoxy groups -OCH3 is 2. The van der Waals surface area contributed by atoms with Gasteiger partial charge >= 0.3 is 5.69 Å². The predicted octanol–water partition coefficient (Wildman–Crippen LogP) is 9.64. The monoisotopic (exact) mass is 858 g/mol. The Labute approximate surface area is 371 Å². The first-order chi connectivity index (χ1) is 31.8. The molecule has 0 bridgehead atoms. The van der Waals surface area contributed by atoms with Gasteiger partial charge in [-0.25, -0.2) is 4.79 Å². The highest BCUT2D eigenvalue weighted by molar-refractivity contribution is 6.44. The van der Waals surface area contributed by atoms with Gasteiger partial charge in [0.2, 0.25) is 0 Å². The minimum atomic E-state index is -1.27. The second kappa shape index (κ2) is 15.1. The number of hydrogen-bond donors (Lipinski definition) is 2. The topological polar surface area (TPSA) is 121 Å². The van der Waals surface area contributed by atoms with E-state index in [4.69, 9.17) is 23.7 Å². The van der Waals surface area contributed by atoms with E-state index in [9.17, 15) is 14.7 Å². The Kier molecular flexibility index (Phi) is 9.15. The molecule has 1 fully saturated rings. The summed E-state index contributed by atoms with van der Waals surface area (Å²) in [6, 6.07) is 50.6. The summed E-state index contributed by atoms with van der Waals surface area (Å²) in [6.07, 6.45) is -3.05. The number of aromatic nitrogens is 2. The summed E-state index contributed by atoms with van der Waals surface area (Å²) in [6.45, 7) is -0.0266. The lowest BCUT2D eigenvalue weighted by atomic mass is 9.80. The van der Waals surface area contributed by atoms with Crippen molar-refractivity contribution in [2.45, 2.75) is 36.7 Å². The molecular weight excluding hydrogens is 817 g/mol. The van der Waals surface area contributed by atoms with Crippen LogP contribution in [0.15, 0.2) is 167 Å². The molecule has 1 aromatic heterocycles. The van der Waals surface area contributed by atoms with Crippen molar-refractivity contribution in [1.82, 2.24) is 9.55 Å². The fourth-order valence-electron chi connectivity index (χ4n) is 10.5. The number of ether oxygens (including phenoxy) is 5. The number of aliphatic hydroxyl groups excluding tert-OH is 1. The third kappa shape index (κ3) is 6.02. The van der Waals surface area contributed by atoms with Crippen molar-refractivity contribution >= 4 is 64.6 Å². The van der Waals surface area contributed by atoms with Crippen LogP contribution in [0.1, 0.15) is 28.5 Å². The number of nitrogens with one attached hydrogen (secondary N) is 1. The van der Waals surface area contributed by atoms with Crippen molar-refractivity contribution in [2.24, 2.45) is 0 Å². The van der Waals surface area contributed by atoms with Crippen LogP contribution >= 0.6 is 0 Å². The Hall–Kier alpha value is -7.34. The quantitative estimate of drug-likeness (QED) is 0.0708. The van der Waals surface area contributed by atoms with Gasteiger partial charge in [-0.1, -0.05) is 115 Å². The first-order valence-corrected chi connectivity index (χ1v) is 21.7. The molecule has 10 aromatic carbocycles. The number of benzene rings is 10. The van der Waals surface area contributed by atoms with Crippen LogP contribution in [0.25, 0.3) is 64.6 Å². The number of aliphatic hydroxyl groups is 1. The zero-order chi connectivity index (χ0) is 44.0. The second-order valence-electron chi connectivity index (χ2n) is 16.9. The Morgan fingerprint density at radius 3 is 1.68 bits per heavy atom. The number of H-pyrrole nitrogens is 1. The van der Waals surface area contributed by atoms with E-state index in [1.807, 2.05) is 78.9 Å². The van der Waals surface area contributed by atoms with Crippen LogP contribution in [-0.2, 0) is 26.4 Å². The Balaban J connectivity index is 0.948. The maximum absolute atomic E-state index is 13.5. The van der Waals surface area contributed by atoms with Crippen molar-refractivity contribution in [1.29, 1.82) is 0 Å². The molecule has 4 atom stereocenters. The maximum Gasteiger partial charge on any atom is 0.330 e. The molecule has 0 amide bonds. The molecule has 320 valence electrons. The van der Waals surface area contributed by atoms with E-state index in [0.717, 1.165) is 33.0 Å². The third-order valence-corrected chi connectivity index (χ3v) is 13.6. The van der Waals surface area contributed by atoms with Gasteiger partial charge in [-0.15, -0.1) is 0 Å². The first kappa shape index (κ1) is 39.3. The van der Waals surface area contributed by atoms with E-state index in [1.54, 1.807) is 14.2 Å². The molecule has 4 unspecified atom stereocenters. The third-order valence-electron chi connectivity index (χ3n) is 13.6. The molecule has 11 aromatic rings. The molecule has 0 spiro atoms. The molecule has 65 heavy (non-hydrogen) atoms. The van der Waals surface area contributed by atoms with Crippen molar-refractivity contribution in [2.75, 3.05) is 20.8 Å². The Morgan fingerprint density at radius 1 is 0.615 bits per heavy atom. The van der Waals surface area contributed by atoms with Gasteiger partial charge in [0, 0.05) is 12.3 Å². The largest absolute Gasteiger partial charge is 0.497 e. The van der Waals surface area contributed by atoms with Crippen LogP contribution in [0.4, 0.5) is 0 Å². The minimum Gasteiger partial charge on any atom is -0.497 e. The molecule has 0 saturated carbocycles. The fraction of sp³-hybridized carbons (Fsp3) is 0.164. The molecule has 10 nitrogen and oxygen atoms in total. The predicted molar refractivity (Wildman–Crippen MR) is 253 cm³/mol. The molecule has 2 heterocycles. The first-order valence-electron chi connectivity index (χ1n) is 21.7. The van der Waals surface area contributed by atoms with Gasteiger partial charge in [-0.05, 0) is 117 Å². The molecule has 0 aliphatic carbocycles. The standard InChI is InChI=1S/C55H42N2O8/c1-61-40-21-17-38(18-22-40)55(37-6-4-3-5-7-37,39-19-23-41(62-2)24-20-39)64-30-43-51(59)52(53(65-43)57-27-26-44(58)56-54(57)60)63-29-36-28-35-15-14-33-11-9-31-8-10-32-12-13-34-16-25-42(36)50-48(34)46(32)45(31)47(33)49(35)50/h3-28,43,51-53,59H,29-30H2,1-2H3,(H,56,58,60). The summed E-state index contributed by atoms with van der Waals surface area (Å²) >= 11 is 0. The molecule has 1 aliphatic heterocycles. The van der Waals surface area contributed by atoms with Gasteiger partial charge in [-0.2, -0.15) is 0 Å². The van der Waals surface area contributed by atoms with Gasteiger partial charge in [-0.3, -0.25) is 14.3 Å².